The molecule has 2 aromatic carbocycles. The quantitative estimate of drug-likeness (QED) is 0.661. The van der Waals surface area contributed by atoms with Gasteiger partial charge >= 0.3 is 5.97 Å². The van der Waals surface area contributed by atoms with E-state index in [4.69, 9.17) is 0 Å². The molecule has 0 aromatic heterocycles. The summed E-state index contributed by atoms with van der Waals surface area (Å²) in [5, 5.41) is 10.2. The lowest BCUT2D eigenvalue weighted by Gasteiger charge is -2.32. The standard InChI is InChI=1S/C27H36N2O2/c1-18-6-7-19(2)28(18)24-14-10-22(11-15-24)27(5,26(30)31)23-12-16-25(17-13-23)29-20(3)8-9-21(29)4/h10-21H,6-9H2,1-5H3,(H,30,31). The van der Waals surface area contributed by atoms with Crippen LogP contribution < -0.4 is 9.80 Å². The molecular weight excluding hydrogens is 384 g/mol. The maximum absolute atomic E-state index is 12.5. The van der Waals surface area contributed by atoms with Crippen LogP contribution >= 0.6 is 0 Å². The van der Waals surface area contributed by atoms with E-state index in [-0.39, 0.29) is 0 Å². The average molecular weight is 421 g/mol. The minimum Gasteiger partial charge on any atom is -0.480 e. The fraction of sp³-hybridized carbons (Fsp3) is 0.519. The molecule has 1 N–H and O–H groups in total. The van der Waals surface area contributed by atoms with Gasteiger partial charge in [0.1, 0.15) is 5.41 Å². The van der Waals surface area contributed by atoms with Crippen molar-refractivity contribution in [3.63, 3.8) is 0 Å². The number of aliphatic carboxylic acids is 1. The van der Waals surface area contributed by atoms with E-state index in [1.54, 1.807) is 0 Å². The number of carboxylic acids is 1. The largest absolute Gasteiger partial charge is 0.480 e. The Kier molecular flexibility index (Phi) is 5.76. The van der Waals surface area contributed by atoms with E-state index in [0.717, 1.165) is 11.1 Å². The van der Waals surface area contributed by atoms with Crippen LogP contribution in [-0.4, -0.2) is 35.2 Å². The number of hydrogen-bond donors (Lipinski definition) is 1. The summed E-state index contributed by atoms with van der Waals surface area (Å²) in [6.45, 7) is 10.9. The monoisotopic (exact) mass is 420 g/mol. The van der Waals surface area contributed by atoms with E-state index in [2.05, 4.69) is 61.8 Å². The summed E-state index contributed by atoms with van der Waals surface area (Å²) < 4.78 is 0. The number of hydrogen-bond acceptors (Lipinski definition) is 3. The minimum atomic E-state index is -1.08. The molecule has 4 unspecified atom stereocenters. The second-order valence-electron chi connectivity index (χ2n) is 9.89. The van der Waals surface area contributed by atoms with Gasteiger partial charge in [0.05, 0.1) is 0 Å². The molecule has 0 aliphatic carbocycles. The number of nitrogens with zero attached hydrogens (tertiary/aromatic N) is 2. The molecule has 0 bridgehead atoms. The van der Waals surface area contributed by atoms with Crippen molar-refractivity contribution in [2.45, 2.75) is 89.9 Å². The first-order chi connectivity index (χ1) is 14.7. The van der Waals surface area contributed by atoms with Gasteiger partial charge < -0.3 is 14.9 Å². The topological polar surface area (TPSA) is 43.8 Å². The molecule has 2 fully saturated rings. The Hall–Kier alpha value is -2.49. The highest BCUT2D eigenvalue weighted by atomic mass is 16.4. The summed E-state index contributed by atoms with van der Waals surface area (Å²) in [4.78, 5) is 17.4. The molecule has 2 aliphatic heterocycles. The maximum Gasteiger partial charge on any atom is 0.318 e. The third-order valence-electron chi connectivity index (χ3n) is 7.82. The van der Waals surface area contributed by atoms with Gasteiger partial charge in [-0.1, -0.05) is 24.3 Å². The van der Waals surface area contributed by atoms with E-state index in [1.165, 1.54) is 37.1 Å². The lowest BCUT2D eigenvalue weighted by atomic mass is 9.76. The first-order valence-electron chi connectivity index (χ1n) is 11.7. The zero-order valence-electron chi connectivity index (χ0n) is 19.5. The smallest absolute Gasteiger partial charge is 0.318 e. The van der Waals surface area contributed by atoms with E-state index < -0.39 is 11.4 Å². The molecule has 2 aliphatic rings. The molecule has 2 heterocycles. The Morgan fingerprint density at radius 1 is 0.710 bits per heavy atom. The fourth-order valence-electron chi connectivity index (χ4n) is 5.76. The maximum atomic E-state index is 12.5. The fourth-order valence-corrected chi connectivity index (χ4v) is 5.76. The van der Waals surface area contributed by atoms with Gasteiger partial charge in [-0.15, -0.1) is 0 Å². The van der Waals surface area contributed by atoms with Gasteiger partial charge in [-0.2, -0.15) is 0 Å². The zero-order chi connectivity index (χ0) is 22.3. The van der Waals surface area contributed by atoms with Gasteiger partial charge in [0.2, 0.25) is 0 Å². The van der Waals surface area contributed by atoms with Crippen LogP contribution in [0, 0.1) is 0 Å². The molecule has 0 spiro atoms. The molecule has 4 nitrogen and oxygen atoms in total. The second kappa shape index (κ2) is 8.22. The summed E-state index contributed by atoms with van der Waals surface area (Å²) in [6.07, 6.45) is 4.82. The van der Waals surface area contributed by atoms with E-state index >= 15 is 0 Å². The molecular formula is C27H36N2O2. The van der Waals surface area contributed by atoms with Crippen LogP contribution in [-0.2, 0) is 10.2 Å². The number of carbonyl (C=O) groups is 1. The van der Waals surface area contributed by atoms with Crippen LogP contribution in [0.3, 0.4) is 0 Å². The molecule has 4 atom stereocenters. The molecule has 0 saturated carbocycles. The van der Waals surface area contributed by atoms with Crippen LogP contribution in [0.25, 0.3) is 0 Å². The van der Waals surface area contributed by atoms with Crippen LogP contribution in [0.5, 0.6) is 0 Å². The summed E-state index contributed by atoms with van der Waals surface area (Å²) in [5.41, 5.74) is 2.92. The first kappa shape index (κ1) is 21.7. The van der Waals surface area contributed by atoms with Crippen molar-refractivity contribution in [1.29, 1.82) is 0 Å². The molecule has 4 heteroatoms. The van der Waals surface area contributed by atoms with E-state index in [9.17, 15) is 9.90 Å². The predicted octanol–water partition coefficient (Wildman–Crippen LogP) is 5.83. The van der Waals surface area contributed by atoms with Crippen molar-refractivity contribution in [2.24, 2.45) is 0 Å². The average Bonchev–Trinajstić information content (AvgIpc) is 3.27. The summed E-state index contributed by atoms with van der Waals surface area (Å²) >= 11 is 0. The van der Waals surface area contributed by atoms with Crippen molar-refractivity contribution in [3.05, 3.63) is 59.7 Å². The summed E-state index contributed by atoms with van der Waals surface area (Å²) in [5.74, 6) is -0.821. The zero-order valence-corrected chi connectivity index (χ0v) is 19.5. The van der Waals surface area contributed by atoms with Gasteiger partial charge in [0.25, 0.3) is 0 Å². The second-order valence-corrected chi connectivity index (χ2v) is 9.89. The van der Waals surface area contributed by atoms with Crippen molar-refractivity contribution in [2.75, 3.05) is 9.80 Å². The van der Waals surface area contributed by atoms with Crippen molar-refractivity contribution in [3.8, 4) is 0 Å². The number of carboxylic acid groups (broad SMARTS) is 1. The minimum absolute atomic E-state index is 0.523. The Bertz CT molecular complexity index is 834. The molecule has 0 radical (unpaired) electrons. The number of benzene rings is 2. The molecule has 2 saturated heterocycles. The number of rotatable bonds is 5. The predicted molar refractivity (Wildman–Crippen MR) is 128 cm³/mol. The molecule has 2 aromatic rings. The SMILES string of the molecule is CC1CCC(C)N1c1ccc(C(C)(C(=O)O)c2ccc(N3C(C)CCC3C)cc2)cc1. The Morgan fingerprint density at radius 3 is 1.26 bits per heavy atom. The highest BCUT2D eigenvalue weighted by Gasteiger charge is 2.38. The highest BCUT2D eigenvalue weighted by molar-refractivity contribution is 5.86. The molecule has 166 valence electrons. The Labute approximate surface area is 186 Å². The molecule has 31 heavy (non-hydrogen) atoms. The van der Waals surface area contributed by atoms with Gasteiger partial charge in [-0.3, -0.25) is 4.79 Å². The summed E-state index contributed by atoms with van der Waals surface area (Å²) in [7, 11) is 0. The Balaban J connectivity index is 1.64. The van der Waals surface area contributed by atoms with Crippen LogP contribution in [0.4, 0.5) is 11.4 Å². The lowest BCUT2D eigenvalue weighted by Crippen LogP contribution is -2.35. The summed E-state index contributed by atoms with van der Waals surface area (Å²) in [6, 6.07) is 18.5. The Morgan fingerprint density at radius 2 is 1.00 bits per heavy atom. The van der Waals surface area contributed by atoms with Crippen LogP contribution in [0.15, 0.2) is 48.5 Å². The van der Waals surface area contributed by atoms with Gasteiger partial charge in [-0.25, -0.2) is 0 Å². The van der Waals surface area contributed by atoms with Crippen molar-refractivity contribution >= 4 is 17.3 Å². The van der Waals surface area contributed by atoms with Crippen molar-refractivity contribution in [1.82, 2.24) is 0 Å². The third kappa shape index (κ3) is 3.71. The third-order valence-corrected chi connectivity index (χ3v) is 7.82. The molecule has 4 rings (SSSR count). The van der Waals surface area contributed by atoms with E-state index in [1.807, 2.05) is 31.2 Å². The van der Waals surface area contributed by atoms with Crippen LogP contribution in [0.1, 0.15) is 71.4 Å². The van der Waals surface area contributed by atoms with Gasteiger partial charge in [0, 0.05) is 35.5 Å². The lowest BCUT2D eigenvalue weighted by molar-refractivity contribution is -0.141. The number of anilines is 2. The molecule has 0 amide bonds. The van der Waals surface area contributed by atoms with Crippen LogP contribution in [0.2, 0.25) is 0 Å². The first-order valence-corrected chi connectivity index (χ1v) is 11.7. The highest BCUT2D eigenvalue weighted by Crippen LogP contribution is 2.37. The normalized spacial score (nSPS) is 28.0. The van der Waals surface area contributed by atoms with Crippen molar-refractivity contribution < 1.29 is 9.90 Å². The van der Waals surface area contributed by atoms with Gasteiger partial charge in [-0.05, 0) is 95.7 Å². The van der Waals surface area contributed by atoms with Gasteiger partial charge in [0.15, 0.2) is 0 Å². The van der Waals surface area contributed by atoms with E-state index in [0.29, 0.717) is 24.2 Å².